The Labute approximate surface area is 192 Å². The number of methoxy groups -OCH3 is 2. The Morgan fingerprint density at radius 1 is 1.03 bits per heavy atom. The second-order valence-corrected chi connectivity index (χ2v) is 8.18. The van der Waals surface area contributed by atoms with Gasteiger partial charge < -0.3 is 19.4 Å². The number of thioether (sulfide) groups is 1. The normalized spacial score (nSPS) is 10.7. The van der Waals surface area contributed by atoms with Crippen molar-refractivity contribution >= 4 is 58.2 Å². The second-order valence-electron chi connectivity index (χ2n) is 6.02. The van der Waals surface area contributed by atoms with Gasteiger partial charge in [0.05, 0.1) is 40.7 Å². The van der Waals surface area contributed by atoms with Gasteiger partial charge in [-0.3, -0.25) is 4.79 Å². The Kier molecular flexibility index (Phi) is 7.36. The summed E-state index contributed by atoms with van der Waals surface area (Å²) in [6.45, 7) is 0. The quantitative estimate of drug-likeness (QED) is 0.365. The Balaban J connectivity index is 1.70. The van der Waals surface area contributed by atoms with Crippen molar-refractivity contribution < 1.29 is 14.3 Å². The van der Waals surface area contributed by atoms with Gasteiger partial charge in [0, 0.05) is 12.6 Å². The summed E-state index contributed by atoms with van der Waals surface area (Å²) in [5.74, 6) is 1.68. The van der Waals surface area contributed by atoms with Gasteiger partial charge in [-0.2, -0.15) is 0 Å². The number of aromatic nitrogens is 3. The van der Waals surface area contributed by atoms with E-state index in [1.165, 1.54) is 23.9 Å². The minimum atomic E-state index is -0.268. The maximum atomic E-state index is 12.3. The van der Waals surface area contributed by atoms with Crippen molar-refractivity contribution in [3.8, 4) is 22.9 Å². The van der Waals surface area contributed by atoms with Gasteiger partial charge in [-0.1, -0.05) is 46.6 Å². The molecule has 0 aliphatic rings. The maximum absolute atomic E-state index is 12.3. The van der Waals surface area contributed by atoms with E-state index in [-0.39, 0.29) is 11.7 Å². The van der Waals surface area contributed by atoms with Gasteiger partial charge in [-0.05, 0) is 30.3 Å². The second kappa shape index (κ2) is 9.78. The number of ether oxygens (including phenoxy) is 2. The van der Waals surface area contributed by atoms with Crippen LogP contribution in [0.4, 0.5) is 5.69 Å². The van der Waals surface area contributed by atoms with Gasteiger partial charge >= 0.3 is 0 Å². The first-order chi connectivity index (χ1) is 14.3. The summed E-state index contributed by atoms with van der Waals surface area (Å²) in [7, 11) is 4.96. The summed E-state index contributed by atoms with van der Waals surface area (Å²) < 4.78 is 12.4. The van der Waals surface area contributed by atoms with Crippen LogP contribution in [0.15, 0.2) is 35.5 Å². The number of rotatable bonds is 7. The summed E-state index contributed by atoms with van der Waals surface area (Å²) in [5.41, 5.74) is 1.20. The van der Waals surface area contributed by atoms with E-state index in [1.54, 1.807) is 24.9 Å². The van der Waals surface area contributed by atoms with E-state index in [1.807, 2.05) is 19.2 Å². The van der Waals surface area contributed by atoms with Crippen LogP contribution in [0.1, 0.15) is 0 Å². The molecule has 0 aliphatic heterocycles. The molecule has 0 spiro atoms. The van der Waals surface area contributed by atoms with E-state index in [4.69, 9.17) is 44.3 Å². The lowest BCUT2D eigenvalue weighted by atomic mass is 10.2. The number of carbonyl (C=O) groups is 1. The molecule has 158 valence electrons. The van der Waals surface area contributed by atoms with Crippen molar-refractivity contribution in [3.63, 3.8) is 0 Å². The number of amides is 1. The van der Waals surface area contributed by atoms with Crippen LogP contribution >= 0.6 is 46.6 Å². The molecule has 30 heavy (non-hydrogen) atoms. The molecule has 0 saturated heterocycles. The number of anilines is 1. The molecule has 0 unspecified atom stereocenters. The average Bonchev–Trinajstić information content (AvgIpc) is 3.10. The van der Waals surface area contributed by atoms with Gasteiger partial charge in [0.1, 0.15) is 0 Å². The molecule has 1 aromatic heterocycles. The predicted molar refractivity (Wildman–Crippen MR) is 120 cm³/mol. The molecule has 0 aliphatic carbocycles. The van der Waals surface area contributed by atoms with Gasteiger partial charge in [0.2, 0.25) is 5.91 Å². The lowest BCUT2D eigenvalue weighted by Crippen LogP contribution is -2.14. The fourth-order valence-electron chi connectivity index (χ4n) is 2.60. The van der Waals surface area contributed by atoms with Crippen LogP contribution in [-0.2, 0) is 11.8 Å². The largest absolute Gasteiger partial charge is 0.493 e. The number of hydrogen-bond donors (Lipinski definition) is 1. The topological polar surface area (TPSA) is 78.3 Å². The number of nitrogens with one attached hydrogen (secondary N) is 1. The number of carbonyl (C=O) groups excluding carboxylic acids is 1. The zero-order valence-corrected chi connectivity index (χ0v) is 19.3. The van der Waals surface area contributed by atoms with Crippen molar-refractivity contribution in [2.45, 2.75) is 5.16 Å². The molecule has 0 bridgehead atoms. The van der Waals surface area contributed by atoms with Crippen LogP contribution in [0.3, 0.4) is 0 Å². The first-order valence-electron chi connectivity index (χ1n) is 8.53. The lowest BCUT2D eigenvalue weighted by molar-refractivity contribution is -0.113. The van der Waals surface area contributed by atoms with Gasteiger partial charge in [0.25, 0.3) is 0 Å². The summed E-state index contributed by atoms with van der Waals surface area (Å²) >= 11 is 19.2. The minimum Gasteiger partial charge on any atom is -0.493 e. The van der Waals surface area contributed by atoms with Crippen molar-refractivity contribution in [2.75, 3.05) is 25.3 Å². The lowest BCUT2D eigenvalue weighted by Gasteiger charge is -2.10. The van der Waals surface area contributed by atoms with Crippen molar-refractivity contribution in [1.82, 2.24) is 14.8 Å². The SMILES string of the molecule is COc1ccc(-c2nnc(SCC(=O)Nc3cc(Cl)c(Cl)cc3Cl)n2C)cc1OC. The summed E-state index contributed by atoms with van der Waals surface area (Å²) in [6.07, 6.45) is 0. The van der Waals surface area contributed by atoms with E-state index in [0.717, 1.165) is 5.56 Å². The standard InChI is InChI=1S/C19H17Cl3N4O3S/c1-26-18(10-4-5-15(28-2)16(6-10)29-3)24-25-19(26)30-9-17(27)23-14-8-12(21)11(20)7-13(14)22/h4-8H,9H2,1-3H3,(H,23,27). The Bertz CT molecular complexity index is 1090. The molecule has 1 heterocycles. The maximum Gasteiger partial charge on any atom is 0.234 e. The van der Waals surface area contributed by atoms with Crippen molar-refractivity contribution in [3.05, 3.63) is 45.4 Å². The zero-order chi connectivity index (χ0) is 21.8. The van der Waals surface area contributed by atoms with Gasteiger partial charge in [-0.15, -0.1) is 10.2 Å². The third-order valence-electron chi connectivity index (χ3n) is 4.09. The Morgan fingerprint density at radius 2 is 1.73 bits per heavy atom. The molecule has 0 saturated carbocycles. The molecule has 1 N–H and O–H groups in total. The Hall–Kier alpha value is -2.13. The molecule has 0 atom stereocenters. The minimum absolute atomic E-state index is 0.106. The molecular weight excluding hydrogens is 471 g/mol. The van der Waals surface area contributed by atoms with Crippen LogP contribution in [0, 0.1) is 0 Å². The monoisotopic (exact) mass is 486 g/mol. The van der Waals surface area contributed by atoms with Crippen LogP contribution in [0.25, 0.3) is 11.4 Å². The van der Waals surface area contributed by atoms with Crippen LogP contribution in [0.2, 0.25) is 15.1 Å². The highest BCUT2D eigenvalue weighted by Crippen LogP contribution is 2.33. The smallest absolute Gasteiger partial charge is 0.234 e. The molecule has 1 amide bonds. The number of benzene rings is 2. The number of hydrogen-bond acceptors (Lipinski definition) is 6. The van der Waals surface area contributed by atoms with Gasteiger partial charge in [-0.25, -0.2) is 0 Å². The molecule has 11 heteroatoms. The predicted octanol–water partition coefficient (Wildman–Crippen LogP) is 5.19. The zero-order valence-electron chi connectivity index (χ0n) is 16.2. The van der Waals surface area contributed by atoms with E-state index in [0.29, 0.717) is 43.2 Å². The number of nitrogens with zero attached hydrogens (tertiary/aromatic N) is 3. The fraction of sp³-hybridized carbons (Fsp3) is 0.211. The molecular formula is C19H17Cl3N4O3S. The third kappa shape index (κ3) is 4.95. The summed E-state index contributed by atoms with van der Waals surface area (Å²) in [5, 5.41) is 12.6. The molecule has 7 nitrogen and oxygen atoms in total. The van der Waals surface area contributed by atoms with Crippen molar-refractivity contribution in [2.24, 2.45) is 7.05 Å². The van der Waals surface area contributed by atoms with E-state index < -0.39 is 0 Å². The first kappa shape index (κ1) is 22.6. The van der Waals surface area contributed by atoms with E-state index in [2.05, 4.69) is 15.5 Å². The van der Waals surface area contributed by atoms with Gasteiger partial charge in [0.15, 0.2) is 22.5 Å². The van der Waals surface area contributed by atoms with Crippen LogP contribution < -0.4 is 14.8 Å². The first-order valence-corrected chi connectivity index (χ1v) is 10.6. The fourth-order valence-corrected chi connectivity index (χ4v) is 3.91. The third-order valence-corrected chi connectivity index (χ3v) is 6.15. The van der Waals surface area contributed by atoms with E-state index >= 15 is 0 Å². The van der Waals surface area contributed by atoms with E-state index in [9.17, 15) is 4.79 Å². The van der Waals surface area contributed by atoms with Crippen LogP contribution in [0.5, 0.6) is 11.5 Å². The summed E-state index contributed by atoms with van der Waals surface area (Å²) in [4.78, 5) is 12.3. The van der Waals surface area contributed by atoms with Crippen molar-refractivity contribution in [1.29, 1.82) is 0 Å². The van der Waals surface area contributed by atoms with Crippen LogP contribution in [-0.4, -0.2) is 40.6 Å². The molecule has 0 fully saturated rings. The molecule has 0 radical (unpaired) electrons. The highest BCUT2D eigenvalue weighted by Gasteiger charge is 2.16. The highest BCUT2D eigenvalue weighted by atomic mass is 35.5. The highest BCUT2D eigenvalue weighted by molar-refractivity contribution is 7.99. The average molecular weight is 488 g/mol. The molecule has 3 rings (SSSR count). The Morgan fingerprint density at radius 3 is 2.43 bits per heavy atom. The molecule has 3 aromatic rings. The number of halogens is 3. The summed E-state index contributed by atoms with van der Waals surface area (Å²) in [6, 6.07) is 8.46. The molecule has 2 aromatic carbocycles.